The lowest BCUT2D eigenvalue weighted by Gasteiger charge is -2.22. The maximum atomic E-state index is 11.3. The van der Waals surface area contributed by atoms with E-state index < -0.39 is 29.1 Å². The van der Waals surface area contributed by atoms with Crippen LogP contribution in [-0.2, 0) is 14.3 Å². The van der Waals surface area contributed by atoms with Crippen molar-refractivity contribution in [3.8, 4) is 0 Å². The molecule has 0 unspecified atom stereocenters. The fourth-order valence-corrected chi connectivity index (χ4v) is 0.623. The molecule has 0 bridgehead atoms. The van der Waals surface area contributed by atoms with Gasteiger partial charge in [-0.3, -0.25) is 10.1 Å². The standard InChI is InChI=1S/C9H16N2O5/c1-8(2,3)16-7(15)11-5(12)9(4,10)6(13)14/h10H2,1-4H3,(H,13,14)(H,11,12,15)/t9-/m1/s1. The SMILES string of the molecule is CC(C)(C)OC(=O)NC(=O)[C@@](C)(N)C(=O)O. The van der Waals surface area contributed by atoms with Crippen LogP contribution in [-0.4, -0.2) is 34.2 Å². The summed E-state index contributed by atoms with van der Waals surface area (Å²) in [7, 11) is 0. The lowest BCUT2D eigenvalue weighted by atomic mass is 10.0. The quantitative estimate of drug-likeness (QED) is 0.569. The van der Waals surface area contributed by atoms with Crippen LogP contribution < -0.4 is 11.1 Å². The zero-order valence-corrected chi connectivity index (χ0v) is 9.66. The summed E-state index contributed by atoms with van der Waals surface area (Å²) in [6.45, 7) is 5.80. The summed E-state index contributed by atoms with van der Waals surface area (Å²) in [6.07, 6.45) is -1.03. The molecular formula is C9H16N2O5. The highest BCUT2D eigenvalue weighted by Gasteiger charge is 2.38. The van der Waals surface area contributed by atoms with Crippen molar-refractivity contribution >= 4 is 18.0 Å². The van der Waals surface area contributed by atoms with Crippen molar-refractivity contribution in [3.63, 3.8) is 0 Å². The summed E-state index contributed by atoms with van der Waals surface area (Å²) in [5, 5.41) is 10.4. The van der Waals surface area contributed by atoms with E-state index in [2.05, 4.69) is 0 Å². The number of nitrogens with one attached hydrogen (secondary N) is 1. The van der Waals surface area contributed by atoms with Gasteiger partial charge in [0.2, 0.25) is 0 Å². The zero-order chi connectivity index (χ0) is 13.1. The van der Waals surface area contributed by atoms with E-state index in [0.29, 0.717) is 0 Å². The van der Waals surface area contributed by atoms with E-state index in [1.807, 2.05) is 0 Å². The molecule has 0 rings (SSSR count). The van der Waals surface area contributed by atoms with E-state index in [9.17, 15) is 14.4 Å². The fourth-order valence-electron chi connectivity index (χ4n) is 0.623. The molecule has 7 nitrogen and oxygen atoms in total. The van der Waals surface area contributed by atoms with Crippen LogP contribution in [0, 0.1) is 0 Å². The molecule has 0 aromatic heterocycles. The topological polar surface area (TPSA) is 119 Å². The highest BCUT2D eigenvalue weighted by molar-refractivity contribution is 6.10. The van der Waals surface area contributed by atoms with Crippen molar-refractivity contribution in [2.24, 2.45) is 5.73 Å². The van der Waals surface area contributed by atoms with E-state index in [1.165, 1.54) is 0 Å². The molecule has 1 atom stereocenters. The Hall–Kier alpha value is -1.63. The molecule has 0 saturated carbocycles. The highest BCUT2D eigenvalue weighted by Crippen LogP contribution is 2.07. The van der Waals surface area contributed by atoms with Gasteiger partial charge in [0.05, 0.1) is 0 Å². The normalized spacial score (nSPS) is 14.8. The molecule has 0 aliphatic carbocycles. The molecule has 0 radical (unpaired) electrons. The monoisotopic (exact) mass is 232 g/mol. The Balaban J connectivity index is 4.48. The summed E-state index contributed by atoms with van der Waals surface area (Å²) in [4.78, 5) is 33.0. The fraction of sp³-hybridized carbons (Fsp3) is 0.667. The Morgan fingerprint density at radius 2 is 1.62 bits per heavy atom. The third-order valence-corrected chi connectivity index (χ3v) is 1.53. The van der Waals surface area contributed by atoms with Gasteiger partial charge in [0.25, 0.3) is 5.91 Å². The molecule has 2 amide bonds. The highest BCUT2D eigenvalue weighted by atomic mass is 16.6. The van der Waals surface area contributed by atoms with Gasteiger partial charge >= 0.3 is 12.1 Å². The third-order valence-electron chi connectivity index (χ3n) is 1.53. The number of rotatable bonds is 2. The molecule has 0 aromatic carbocycles. The van der Waals surface area contributed by atoms with Gasteiger partial charge in [-0.1, -0.05) is 0 Å². The lowest BCUT2D eigenvalue weighted by molar-refractivity contribution is -0.147. The van der Waals surface area contributed by atoms with Gasteiger partial charge in [-0.2, -0.15) is 0 Å². The van der Waals surface area contributed by atoms with E-state index in [-0.39, 0.29) is 0 Å². The minimum absolute atomic E-state index is 0.779. The number of aliphatic carboxylic acids is 1. The number of nitrogens with two attached hydrogens (primary N) is 1. The molecule has 0 heterocycles. The average molecular weight is 232 g/mol. The van der Waals surface area contributed by atoms with Gasteiger partial charge in [0, 0.05) is 0 Å². The van der Waals surface area contributed by atoms with Crippen molar-refractivity contribution < 1.29 is 24.2 Å². The number of hydrogen-bond acceptors (Lipinski definition) is 5. The summed E-state index contributed by atoms with van der Waals surface area (Å²) < 4.78 is 4.76. The van der Waals surface area contributed by atoms with Crippen molar-refractivity contribution in [1.29, 1.82) is 0 Å². The summed E-state index contributed by atoms with van der Waals surface area (Å²) in [6, 6.07) is 0. The van der Waals surface area contributed by atoms with Crippen LogP contribution in [0.1, 0.15) is 27.7 Å². The van der Waals surface area contributed by atoms with Gasteiger partial charge < -0.3 is 15.6 Å². The smallest absolute Gasteiger partial charge is 0.414 e. The molecule has 16 heavy (non-hydrogen) atoms. The van der Waals surface area contributed by atoms with Crippen LogP contribution >= 0.6 is 0 Å². The number of alkyl carbamates (subject to hydrolysis) is 1. The molecular weight excluding hydrogens is 216 g/mol. The van der Waals surface area contributed by atoms with Crippen LogP contribution in [0.2, 0.25) is 0 Å². The number of carbonyl (C=O) groups is 3. The Bertz CT molecular complexity index is 316. The molecule has 0 aliphatic heterocycles. The van der Waals surface area contributed by atoms with Crippen molar-refractivity contribution in [2.75, 3.05) is 0 Å². The van der Waals surface area contributed by atoms with E-state index >= 15 is 0 Å². The van der Waals surface area contributed by atoms with E-state index in [1.54, 1.807) is 26.1 Å². The Labute approximate surface area is 92.9 Å². The number of carboxylic acid groups (broad SMARTS) is 1. The minimum atomic E-state index is -2.17. The van der Waals surface area contributed by atoms with Crippen LogP contribution in [0.25, 0.3) is 0 Å². The molecule has 0 fully saturated rings. The first-order valence-corrected chi connectivity index (χ1v) is 4.53. The van der Waals surface area contributed by atoms with Crippen LogP contribution in [0.5, 0.6) is 0 Å². The first kappa shape index (κ1) is 14.4. The van der Waals surface area contributed by atoms with Crippen LogP contribution in [0.15, 0.2) is 0 Å². The molecule has 0 aliphatic rings. The first-order chi connectivity index (χ1) is 6.97. The van der Waals surface area contributed by atoms with Crippen molar-refractivity contribution in [1.82, 2.24) is 5.32 Å². The van der Waals surface area contributed by atoms with Gasteiger partial charge in [-0.25, -0.2) is 9.59 Å². The maximum absolute atomic E-state index is 11.3. The second kappa shape index (κ2) is 4.48. The second-order valence-corrected chi connectivity index (χ2v) is 4.46. The molecule has 7 heteroatoms. The van der Waals surface area contributed by atoms with E-state index in [4.69, 9.17) is 15.6 Å². The van der Waals surface area contributed by atoms with E-state index in [0.717, 1.165) is 6.92 Å². The number of imide groups is 1. The van der Waals surface area contributed by atoms with Gasteiger partial charge in [-0.05, 0) is 27.7 Å². The number of carbonyl (C=O) groups excluding carboxylic acids is 2. The number of carboxylic acids is 1. The molecule has 0 spiro atoms. The number of hydrogen-bond donors (Lipinski definition) is 3. The largest absolute Gasteiger partial charge is 0.479 e. The van der Waals surface area contributed by atoms with Gasteiger partial charge in [0.15, 0.2) is 5.54 Å². The van der Waals surface area contributed by atoms with Gasteiger partial charge in [0.1, 0.15) is 5.60 Å². The summed E-state index contributed by atoms with van der Waals surface area (Å²) in [5.41, 5.74) is 2.25. The summed E-state index contributed by atoms with van der Waals surface area (Å²) in [5.74, 6) is -2.66. The predicted octanol–water partition coefficient (Wildman–Crippen LogP) is -0.160. The molecule has 0 aromatic rings. The minimum Gasteiger partial charge on any atom is -0.479 e. The Morgan fingerprint density at radius 1 is 1.19 bits per heavy atom. The number of amides is 2. The van der Waals surface area contributed by atoms with Crippen molar-refractivity contribution in [3.05, 3.63) is 0 Å². The van der Waals surface area contributed by atoms with Crippen LogP contribution in [0.3, 0.4) is 0 Å². The molecule has 4 N–H and O–H groups in total. The molecule has 0 saturated heterocycles. The Kier molecular flexibility index (Phi) is 4.02. The maximum Gasteiger partial charge on any atom is 0.414 e. The zero-order valence-electron chi connectivity index (χ0n) is 9.66. The predicted molar refractivity (Wildman–Crippen MR) is 54.6 cm³/mol. The summed E-state index contributed by atoms with van der Waals surface area (Å²) >= 11 is 0. The second-order valence-electron chi connectivity index (χ2n) is 4.46. The lowest BCUT2D eigenvalue weighted by Crippen LogP contribution is -2.58. The third kappa shape index (κ3) is 4.26. The average Bonchev–Trinajstić information content (AvgIpc) is 1.99. The van der Waals surface area contributed by atoms with Crippen LogP contribution in [0.4, 0.5) is 4.79 Å². The van der Waals surface area contributed by atoms with Gasteiger partial charge in [-0.15, -0.1) is 0 Å². The number of ether oxygens (including phenoxy) is 1. The van der Waals surface area contributed by atoms with Crippen molar-refractivity contribution in [2.45, 2.75) is 38.8 Å². The molecule has 92 valence electrons. The first-order valence-electron chi connectivity index (χ1n) is 4.53. The Morgan fingerprint density at radius 3 is 1.94 bits per heavy atom.